The summed E-state index contributed by atoms with van der Waals surface area (Å²) in [4.78, 5) is 48.1. The summed E-state index contributed by atoms with van der Waals surface area (Å²) in [5.74, 6) is -1.74. The molecule has 1 spiro atoms. The van der Waals surface area contributed by atoms with Gasteiger partial charge in [-0.15, -0.1) is 0 Å². The molecule has 4 aliphatic rings. The summed E-state index contributed by atoms with van der Waals surface area (Å²) in [6.45, 7) is 7.10. The van der Waals surface area contributed by atoms with Crippen LogP contribution in [0.2, 0.25) is 0 Å². The Morgan fingerprint density at radius 1 is 0.952 bits per heavy atom. The van der Waals surface area contributed by atoms with Crippen LogP contribution in [-0.4, -0.2) is 78.3 Å². The van der Waals surface area contributed by atoms with Crippen LogP contribution in [0, 0.1) is 25.7 Å². The van der Waals surface area contributed by atoms with Gasteiger partial charge >= 0.3 is 0 Å². The fraction of sp³-hybridized carbons (Fsp3) is 0.424. The first-order valence-electron chi connectivity index (χ1n) is 14.7. The van der Waals surface area contributed by atoms with E-state index in [9.17, 15) is 19.5 Å². The highest BCUT2D eigenvalue weighted by atomic mass is 16.5. The summed E-state index contributed by atoms with van der Waals surface area (Å²) in [7, 11) is 0. The molecule has 6 rings (SSSR count). The Balaban J connectivity index is 1.41. The second-order valence-electron chi connectivity index (χ2n) is 11.3. The van der Waals surface area contributed by atoms with Crippen LogP contribution in [-0.2, 0) is 19.1 Å². The molecule has 0 aromatic heterocycles. The van der Waals surface area contributed by atoms with Crippen molar-refractivity contribution < 1.29 is 29.0 Å². The highest BCUT2D eigenvalue weighted by Gasteiger charge is 2.71. The van der Waals surface area contributed by atoms with Crippen molar-refractivity contribution in [2.75, 3.05) is 42.6 Å². The van der Waals surface area contributed by atoms with Crippen molar-refractivity contribution in [3.63, 3.8) is 0 Å². The molecule has 4 aliphatic heterocycles. The molecule has 9 nitrogen and oxygen atoms in total. The van der Waals surface area contributed by atoms with E-state index in [0.29, 0.717) is 37.6 Å². The fourth-order valence-electron chi connectivity index (χ4n) is 7.17. The van der Waals surface area contributed by atoms with E-state index in [2.05, 4.69) is 0 Å². The molecule has 2 saturated heterocycles. The highest BCUT2D eigenvalue weighted by molar-refractivity contribution is 6.07. The smallest absolute Gasteiger partial charge is 0.253 e. The predicted octanol–water partition coefficient (Wildman–Crippen LogP) is 3.17. The minimum atomic E-state index is -1.31. The first kappa shape index (κ1) is 28.2. The minimum Gasteiger partial charge on any atom is -0.494 e. The predicted molar refractivity (Wildman–Crippen MR) is 158 cm³/mol. The van der Waals surface area contributed by atoms with Gasteiger partial charge in [0.25, 0.3) is 5.91 Å². The molecule has 9 heteroatoms. The van der Waals surface area contributed by atoms with Crippen molar-refractivity contribution in [1.29, 1.82) is 0 Å². The molecular formula is C33H37N3O6. The molecular weight excluding hydrogens is 534 g/mol. The van der Waals surface area contributed by atoms with Crippen molar-refractivity contribution in [2.24, 2.45) is 11.8 Å². The number of carbonyl (C=O) groups is 3. The summed E-state index contributed by atoms with van der Waals surface area (Å²) in [5.41, 5.74) is 2.11. The molecule has 2 aromatic rings. The van der Waals surface area contributed by atoms with E-state index in [1.54, 1.807) is 14.7 Å². The van der Waals surface area contributed by atoms with Crippen LogP contribution in [0.5, 0.6) is 5.75 Å². The van der Waals surface area contributed by atoms with Crippen molar-refractivity contribution in [1.82, 2.24) is 4.90 Å². The van der Waals surface area contributed by atoms with Crippen LogP contribution < -0.4 is 14.5 Å². The molecule has 0 saturated carbocycles. The van der Waals surface area contributed by atoms with Crippen molar-refractivity contribution in [2.45, 2.75) is 44.9 Å². The van der Waals surface area contributed by atoms with E-state index in [-0.39, 0.29) is 30.9 Å². The number of fused-ring (bicyclic) bond motifs is 2. The van der Waals surface area contributed by atoms with Crippen LogP contribution in [0.1, 0.15) is 24.5 Å². The third kappa shape index (κ3) is 4.34. The van der Waals surface area contributed by atoms with E-state index in [1.807, 2.05) is 87.5 Å². The second kappa shape index (κ2) is 11.0. The lowest BCUT2D eigenvalue weighted by atomic mass is 9.77. The van der Waals surface area contributed by atoms with Gasteiger partial charge in [0.15, 0.2) is 0 Å². The number of hydrogen-bond acceptors (Lipinski definition) is 6. The van der Waals surface area contributed by atoms with Gasteiger partial charge in [-0.3, -0.25) is 14.4 Å². The molecule has 4 heterocycles. The van der Waals surface area contributed by atoms with E-state index in [4.69, 9.17) is 9.47 Å². The molecule has 3 amide bonds. The number of likely N-dealkylation sites (tertiary alicyclic amines) is 1. The summed E-state index contributed by atoms with van der Waals surface area (Å²) < 4.78 is 12.3. The van der Waals surface area contributed by atoms with Crippen LogP contribution in [0.25, 0.3) is 0 Å². The largest absolute Gasteiger partial charge is 0.494 e. The Morgan fingerprint density at radius 3 is 2.36 bits per heavy atom. The zero-order valence-corrected chi connectivity index (χ0v) is 24.2. The van der Waals surface area contributed by atoms with Gasteiger partial charge in [-0.1, -0.05) is 42.5 Å². The molecule has 5 atom stereocenters. The zero-order valence-electron chi connectivity index (χ0n) is 24.2. The van der Waals surface area contributed by atoms with E-state index in [0.717, 1.165) is 16.8 Å². The number of para-hydroxylation sites is 1. The maximum Gasteiger partial charge on any atom is 0.253 e. The SMILES string of the molecule is CCOc1ccc(N2CC=C[C@H]3O[C@]45C=CCN(c6c(C)cccc6C)C(=O)C4N(CCCO)C(=O)[C@@H]5[C@H]3C2=O)cc1. The van der Waals surface area contributed by atoms with Gasteiger partial charge in [0.05, 0.1) is 24.5 Å². The second-order valence-corrected chi connectivity index (χ2v) is 11.3. The number of anilines is 2. The molecule has 0 aliphatic carbocycles. The Kier molecular flexibility index (Phi) is 7.41. The number of hydrogen-bond donors (Lipinski definition) is 1. The highest BCUT2D eigenvalue weighted by Crippen LogP contribution is 2.54. The third-order valence-electron chi connectivity index (χ3n) is 8.88. The molecule has 42 heavy (non-hydrogen) atoms. The zero-order chi connectivity index (χ0) is 29.6. The van der Waals surface area contributed by atoms with Crippen molar-refractivity contribution in [3.05, 3.63) is 77.9 Å². The number of aryl methyl sites for hydroxylation is 2. The Bertz CT molecular complexity index is 1430. The number of carbonyl (C=O) groups excluding carboxylic acids is 3. The first-order chi connectivity index (χ1) is 20.3. The molecule has 0 radical (unpaired) electrons. The topological polar surface area (TPSA) is 99.6 Å². The van der Waals surface area contributed by atoms with Crippen LogP contribution in [0.15, 0.2) is 66.8 Å². The van der Waals surface area contributed by atoms with Crippen molar-refractivity contribution >= 4 is 29.1 Å². The summed E-state index contributed by atoms with van der Waals surface area (Å²) in [6.07, 6.45) is 7.14. The van der Waals surface area contributed by atoms with Gasteiger partial charge in [0, 0.05) is 37.6 Å². The summed E-state index contributed by atoms with van der Waals surface area (Å²) in [6, 6.07) is 12.3. The Morgan fingerprint density at radius 2 is 1.67 bits per heavy atom. The molecule has 2 aromatic carbocycles. The number of ether oxygens (including phenoxy) is 2. The lowest BCUT2D eigenvalue weighted by molar-refractivity contribution is -0.140. The van der Waals surface area contributed by atoms with Crippen LogP contribution in [0.4, 0.5) is 11.4 Å². The third-order valence-corrected chi connectivity index (χ3v) is 8.88. The summed E-state index contributed by atoms with van der Waals surface area (Å²) >= 11 is 0. The maximum atomic E-state index is 14.5. The molecule has 2 fully saturated rings. The minimum absolute atomic E-state index is 0.126. The molecule has 1 N–H and O–H groups in total. The number of amides is 3. The quantitative estimate of drug-likeness (QED) is 0.513. The van der Waals surface area contributed by atoms with Gasteiger partial charge in [-0.2, -0.15) is 0 Å². The fourth-order valence-corrected chi connectivity index (χ4v) is 7.17. The number of aliphatic hydroxyl groups excluding tert-OH is 1. The van der Waals surface area contributed by atoms with Gasteiger partial charge in [0.2, 0.25) is 11.8 Å². The normalized spacial score (nSPS) is 28.5. The van der Waals surface area contributed by atoms with Gasteiger partial charge in [0.1, 0.15) is 17.4 Å². The lowest BCUT2D eigenvalue weighted by Gasteiger charge is -2.36. The number of aliphatic hydroxyl groups is 1. The lowest BCUT2D eigenvalue weighted by Crippen LogP contribution is -2.55. The Hall–Kier alpha value is -3.95. The van der Waals surface area contributed by atoms with Gasteiger partial charge < -0.3 is 29.3 Å². The van der Waals surface area contributed by atoms with Crippen molar-refractivity contribution in [3.8, 4) is 5.75 Å². The van der Waals surface area contributed by atoms with Gasteiger partial charge in [-0.05, 0) is 62.6 Å². The molecule has 220 valence electrons. The monoisotopic (exact) mass is 571 g/mol. The van der Waals surface area contributed by atoms with Gasteiger partial charge in [-0.25, -0.2) is 0 Å². The number of rotatable bonds is 7. The molecule has 1 unspecified atom stereocenters. The average Bonchev–Trinajstić information content (AvgIpc) is 3.28. The van der Waals surface area contributed by atoms with E-state index >= 15 is 0 Å². The molecule has 0 bridgehead atoms. The van der Waals surface area contributed by atoms with Crippen LogP contribution in [0.3, 0.4) is 0 Å². The van der Waals surface area contributed by atoms with E-state index < -0.39 is 29.6 Å². The Labute approximate surface area is 246 Å². The van der Waals surface area contributed by atoms with E-state index in [1.165, 1.54) is 0 Å². The first-order valence-corrected chi connectivity index (χ1v) is 14.7. The number of benzene rings is 2. The summed E-state index contributed by atoms with van der Waals surface area (Å²) in [5, 5.41) is 9.66. The standard InChI is InChI=1S/C33H37N3O6/c1-4-41-24-14-12-23(13-15-24)34-17-6-11-25-26(30(34)38)27-31(39)36(19-8-20-37)29-32(40)35(18-7-16-33(27,29)42-25)28-21(2)9-5-10-22(28)3/h5-7,9-16,25-27,29,37H,4,8,17-20H2,1-3H3/t25-,26+,27+,29?,33+/m1/s1. The number of nitrogens with zero attached hydrogens (tertiary/aromatic N) is 3. The average molecular weight is 572 g/mol. The maximum absolute atomic E-state index is 14.5. The van der Waals surface area contributed by atoms with Crippen LogP contribution >= 0.6 is 0 Å².